The third-order valence-electron chi connectivity index (χ3n) is 6.66. The maximum Gasteiger partial charge on any atom is 0.228 e. The van der Waals surface area contributed by atoms with Gasteiger partial charge in [-0.15, -0.1) is 0 Å². The molecule has 2 fully saturated rings. The van der Waals surface area contributed by atoms with E-state index in [-0.39, 0.29) is 23.9 Å². The number of hydrogen-bond donors (Lipinski definition) is 1. The molecule has 2 saturated heterocycles. The van der Waals surface area contributed by atoms with E-state index in [0.717, 1.165) is 56.5 Å². The largest absolute Gasteiger partial charge is 0.355 e. The van der Waals surface area contributed by atoms with E-state index in [1.807, 2.05) is 16.5 Å². The number of rotatable bonds is 8. The smallest absolute Gasteiger partial charge is 0.228 e. The quantitative estimate of drug-likeness (QED) is 0.696. The highest BCUT2D eigenvalue weighted by Gasteiger charge is 2.60. The Morgan fingerprint density at radius 2 is 2.07 bits per heavy atom. The van der Waals surface area contributed by atoms with Crippen molar-refractivity contribution in [2.45, 2.75) is 91.8 Å². The Balaban J connectivity index is 1.63. The van der Waals surface area contributed by atoms with Crippen LogP contribution in [0.5, 0.6) is 0 Å². The molecule has 0 unspecified atom stereocenters. The predicted molar refractivity (Wildman–Crippen MR) is 110 cm³/mol. The van der Waals surface area contributed by atoms with Gasteiger partial charge < -0.3 is 10.2 Å². The fourth-order valence-electron chi connectivity index (χ4n) is 5.34. The minimum Gasteiger partial charge on any atom is -0.355 e. The van der Waals surface area contributed by atoms with E-state index in [1.54, 1.807) is 6.92 Å². The number of amides is 2. The molecule has 0 aromatic carbocycles. The molecule has 0 saturated carbocycles. The summed E-state index contributed by atoms with van der Waals surface area (Å²) in [6.07, 6.45) is 5.58. The molecular formula is C22H36N4O2. The first-order chi connectivity index (χ1) is 13.2. The van der Waals surface area contributed by atoms with Crippen LogP contribution in [0.15, 0.2) is 6.07 Å². The predicted octanol–water partition coefficient (Wildman–Crippen LogP) is 3.21. The lowest BCUT2D eigenvalue weighted by Gasteiger charge is -2.36. The van der Waals surface area contributed by atoms with Crippen molar-refractivity contribution >= 4 is 11.8 Å². The average Bonchev–Trinajstić information content (AvgIpc) is 3.28. The topological polar surface area (TPSA) is 67.2 Å². The standard InChI is InChI=1S/C22H36N4O2/c1-15(2)9-10-22(14-19-7-8-20(22)26(19)18(5)27)21(28)23-11-6-12-25-17(4)13-16(3)24-25/h13,15,19-20H,6-12,14H2,1-5H3,(H,23,28)/t19-,20+,22+/m1/s1. The molecule has 0 aliphatic carbocycles. The van der Waals surface area contributed by atoms with Gasteiger partial charge in [0.05, 0.1) is 11.1 Å². The van der Waals surface area contributed by atoms with Gasteiger partial charge in [-0.25, -0.2) is 0 Å². The second-order valence-corrected chi connectivity index (χ2v) is 9.23. The van der Waals surface area contributed by atoms with E-state index in [1.165, 1.54) is 0 Å². The molecule has 2 amide bonds. The molecule has 3 atom stereocenters. The fourth-order valence-corrected chi connectivity index (χ4v) is 5.34. The van der Waals surface area contributed by atoms with Crippen LogP contribution in [0.2, 0.25) is 0 Å². The van der Waals surface area contributed by atoms with Crippen LogP contribution in [0.25, 0.3) is 0 Å². The van der Waals surface area contributed by atoms with Crippen LogP contribution in [0.4, 0.5) is 0 Å². The lowest BCUT2D eigenvalue weighted by Crippen LogP contribution is -2.50. The number of nitrogens with zero attached hydrogens (tertiary/aromatic N) is 3. The van der Waals surface area contributed by atoms with Crippen LogP contribution in [-0.2, 0) is 16.1 Å². The Hall–Kier alpha value is -1.85. The van der Waals surface area contributed by atoms with Gasteiger partial charge in [0.2, 0.25) is 11.8 Å². The third kappa shape index (κ3) is 3.96. The van der Waals surface area contributed by atoms with Crippen LogP contribution < -0.4 is 5.32 Å². The fraction of sp³-hybridized carbons (Fsp3) is 0.773. The number of aromatic nitrogens is 2. The zero-order valence-electron chi connectivity index (χ0n) is 18.1. The lowest BCUT2D eigenvalue weighted by molar-refractivity contribution is -0.136. The van der Waals surface area contributed by atoms with Gasteiger partial charge in [0, 0.05) is 37.8 Å². The first-order valence-corrected chi connectivity index (χ1v) is 10.8. The maximum atomic E-state index is 13.3. The summed E-state index contributed by atoms with van der Waals surface area (Å²) in [6, 6.07) is 2.39. The molecular weight excluding hydrogens is 352 g/mol. The highest BCUT2D eigenvalue weighted by atomic mass is 16.2. The van der Waals surface area contributed by atoms with Gasteiger partial charge >= 0.3 is 0 Å². The Morgan fingerprint density at radius 3 is 2.64 bits per heavy atom. The second kappa shape index (κ2) is 8.26. The summed E-state index contributed by atoms with van der Waals surface area (Å²) in [7, 11) is 0. The van der Waals surface area contributed by atoms with E-state index >= 15 is 0 Å². The van der Waals surface area contributed by atoms with Gasteiger partial charge in [0.25, 0.3) is 0 Å². The number of nitrogens with one attached hydrogen (secondary N) is 1. The van der Waals surface area contributed by atoms with Crippen LogP contribution in [-0.4, -0.2) is 45.1 Å². The zero-order valence-corrected chi connectivity index (χ0v) is 18.1. The lowest BCUT2D eigenvalue weighted by atomic mass is 9.69. The molecule has 1 N–H and O–H groups in total. The molecule has 28 heavy (non-hydrogen) atoms. The van der Waals surface area contributed by atoms with Crippen molar-refractivity contribution in [2.75, 3.05) is 6.54 Å². The minimum absolute atomic E-state index is 0.0739. The van der Waals surface area contributed by atoms with Crippen molar-refractivity contribution < 1.29 is 9.59 Å². The molecule has 1 aromatic rings. The summed E-state index contributed by atoms with van der Waals surface area (Å²) in [4.78, 5) is 27.5. The molecule has 0 radical (unpaired) electrons. The molecule has 1 aromatic heterocycles. The summed E-state index contributed by atoms with van der Waals surface area (Å²) in [5.74, 6) is 0.830. The maximum absolute atomic E-state index is 13.3. The first kappa shape index (κ1) is 20.9. The van der Waals surface area contributed by atoms with E-state index in [9.17, 15) is 9.59 Å². The van der Waals surface area contributed by atoms with Crippen molar-refractivity contribution in [3.05, 3.63) is 17.5 Å². The van der Waals surface area contributed by atoms with Gasteiger partial charge in [-0.2, -0.15) is 5.10 Å². The summed E-state index contributed by atoms with van der Waals surface area (Å²) < 4.78 is 2.00. The van der Waals surface area contributed by atoms with Gasteiger partial charge in [-0.3, -0.25) is 14.3 Å². The van der Waals surface area contributed by atoms with Gasteiger partial charge in [0.15, 0.2) is 0 Å². The first-order valence-electron chi connectivity index (χ1n) is 10.8. The van der Waals surface area contributed by atoms with Gasteiger partial charge in [0.1, 0.15) is 0 Å². The Kier molecular flexibility index (Phi) is 6.15. The molecule has 6 nitrogen and oxygen atoms in total. The van der Waals surface area contributed by atoms with Gasteiger partial charge in [-0.1, -0.05) is 13.8 Å². The van der Waals surface area contributed by atoms with Crippen LogP contribution >= 0.6 is 0 Å². The number of carbonyl (C=O) groups excluding carboxylic acids is 2. The molecule has 2 bridgehead atoms. The number of fused-ring (bicyclic) bond motifs is 2. The Bertz CT molecular complexity index is 726. The summed E-state index contributed by atoms with van der Waals surface area (Å²) in [5, 5.41) is 7.70. The summed E-state index contributed by atoms with van der Waals surface area (Å²) in [5.41, 5.74) is 1.78. The SMILES string of the molecule is CC(=O)N1[C@@H]2CC[C@H]1[C@@](CCC(C)C)(C(=O)NCCCn1nc(C)cc1C)C2. The van der Waals surface area contributed by atoms with Crippen LogP contribution in [0, 0.1) is 25.2 Å². The summed E-state index contributed by atoms with van der Waals surface area (Å²) >= 11 is 0. The van der Waals surface area contributed by atoms with Crippen molar-refractivity contribution in [3.8, 4) is 0 Å². The van der Waals surface area contributed by atoms with Crippen molar-refractivity contribution in [1.82, 2.24) is 20.0 Å². The Morgan fingerprint density at radius 1 is 1.32 bits per heavy atom. The normalized spacial score (nSPS) is 26.3. The molecule has 3 heterocycles. The van der Waals surface area contributed by atoms with E-state index in [2.05, 4.69) is 37.3 Å². The Labute approximate surface area is 169 Å². The van der Waals surface area contributed by atoms with E-state index in [0.29, 0.717) is 12.5 Å². The molecule has 2 aliphatic heterocycles. The van der Waals surface area contributed by atoms with Crippen LogP contribution in [0.1, 0.15) is 70.7 Å². The monoisotopic (exact) mass is 388 g/mol. The third-order valence-corrected chi connectivity index (χ3v) is 6.66. The van der Waals surface area contributed by atoms with Crippen molar-refractivity contribution in [3.63, 3.8) is 0 Å². The molecule has 156 valence electrons. The number of hydrogen-bond acceptors (Lipinski definition) is 3. The minimum atomic E-state index is -0.406. The average molecular weight is 389 g/mol. The van der Waals surface area contributed by atoms with Crippen molar-refractivity contribution in [2.24, 2.45) is 11.3 Å². The summed E-state index contributed by atoms with van der Waals surface area (Å²) in [6.45, 7) is 11.6. The number of carbonyl (C=O) groups is 2. The highest BCUT2D eigenvalue weighted by molar-refractivity contribution is 5.86. The number of aryl methyl sites for hydroxylation is 3. The van der Waals surface area contributed by atoms with E-state index in [4.69, 9.17) is 0 Å². The second-order valence-electron chi connectivity index (χ2n) is 9.23. The molecule has 2 aliphatic rings. The van der Waals surface area contributed by atoms with E-state index < -0.39 is 5.41 Å². The highest BCUT2D eigenvalue weighted by Crippen LogP contribution is 2.52. The molecule has 0 spiro atoms. The zero-order chi connectivity index (χ0) is 20.5. The van der Waals surface area contributed by atoms with Gasteiger partial charge in [-0.05, 0) is 64.4 Å². The molecule has 3 rings (SSSR count). The van der Waals surface area contributed by atoms with Crippen molar-refractivity contribution in [1.29, 1.82) is 0 Å². The van der Waals surface area contributed by atoms with Crippen LogP contribution in [0.3, 0.4) is 0 Å². The molecule has 6 heteroatoms.